The molecule has 1 aromatic carbocycles. The van der Waals surface area contributed by atoms with Crippen LogP contribution in [0.1, 0.15) is 11.1 Å². The van der Waals surface area contributed by atoms with E-state index in [9.17, 15) is 4.39 Å². The van der Waals surface area contributed by atoms with Gasteiger partial charge in [-0.2, -0.15) is 0 Å². The predicted octanol–water partition coefficient (Wildman–Crippen LogP) is 1.91. The lowest BCUT2D eigenvalue weighted by Gasteiger charge is -2.14. The lowest BCUT2D eigenvalue weighted by molar-refractivity contribution is 0.585. The van der Waals surface area contributed by atoms with E-state index < -0.39 is 0 Å². The Morgan fingerprint density at radius 2 is 2.15 bits per heavy atom. The third-order valence-electron chi connectivity index (χ3n) is 2.60. The van der Waals surface area contributed by atoms with E-state index >= 15 is 0 Å². The maximum absolute atomic E-state index is 13.4. The minimum Gasteiger partial charge on any atom is -0.361 e. The van der Waals surface area contributed by atoms with Crippen LogP contribution in [0.5, 0.6) is 0 Å². The van der Waals surface area contributed by atoms with E-state index in [1.165, 1.54) is 6.07 Å². The summed E-state index contributed by atoms with van der Waals surface area (Å²) < 4.78 is 13.4. The molecule has 66 valence electrons. The Hall–Kier alpha value is -1.35. The maximum atomic E-state index is 13.4. The fraction of sp³-hybridized carbons (Fsp3) is 0.200. The van der Waals surface area contributed by atoms with Crippen molar-refractivity contribution in [1.82, 2.24) is 10.3 Å². The van der Waals surface area contributed by atoms with E-state index in [1.54, 1.807) is 6.07 Å². The molecule has 0 bridgehead atoms. The Labute approximate surface area is 74.8 Å². The lowest BCUT2D eigenvalue weighted by atomic mass is 10.0. The van der Waals surface area contributed by atoms with Crippen molar-refractivity contribution in [3.63, 3.8) is 0 Å². The summed E-state index contributed by atoms with van der Waals surface area (Å²) in [4.78, 5) is 3.14. The highest BCUT2D eigenvalue weighted by molar-refractivity contribution is 5.87. The second-order valence-corrected chi connectivity index (χ2v) is 3.37. The molecule has 0 amide bonds. The zero-order valence-electron chi connectivity index (χ0n) is 7.02. The summed E-state index contributed by atoms with van der Waals surface area (Å²) in [5.74, 6) is -0.111. The van der Waals surface area contributed by atoms with Crippen LogP contribution in [0.2, 0.25) is 0 Å². The Morgan fingerprint density at radius 1 is 1.23 bits per heavy atom. The molecule has 1 aromatic heterocycles. The molecule has 0 saturated heterocycles. The van der Waals surface area contributed by atoms with Gasteiger partial charge in [-0.15, -0.1) is 0 Å². The normalized spacial score (nSPS) is 15.2. The number of aromatic nitrogens is 1. The Balaban J connectivity index is 2.50. The molecule has 1 aliphatic heterocycles. The third kappa shape index (κ3) is 0.848. The number of hydrogen-bond donors (Lipinski definition) is 2. The van der Waals surface area contributed by atoms with Crippen LogP contribution >= 0.6 is 0 Å². The van der Waals surface area contributed by atoms with Gasteiger partial charge in [-0.25, -0.2) is 4.39 Å². The predicted molar refractivity (Wildman–Crippen MR) is 48.8 cm³/mol. The van der Waals surface area contributed by atoms with Crippen LogP contribution in [0, 0.1) is 5.82 Å². The quantitative estimate of drug-likeness (QED) is 0.630. The maximum Gasteiger partial charge on any atom is 0.128 e. The van der Waals surface area contributed by atoms with Crippen molar-refractivity contribution in [2.45, 2.75) is 13.1 Å². The summed E-state index contributed by atoms with van der Waals surface area (Å²) in [5.41, 5.74) is 2.99. The minimum atomic E-state index is -0.111. The highest BCUT2D eigenvalue weighted by Crippen LogP contribution is 2.27. The van der Waals surface area contributed by atoms with Crippen LogP contribution in [-0.2, 0) is 13.1 Å². The average Bonchev–Trinajstić information content (AvgIpc) is 2.57. The van der Waals surface area contributed by atoms with Crippen molar-refractivity contribution >= 4 is 10.9 Å². The first-order valence-electron chi connectivity index (χ1n) is 4.34. The van der Waals surface area contributed by atoms with Gasteiger partial charge in [-0.1, -0.05) is 0 Å². The highest BCUT2D eigenvalue weighted by Gasteiger charge is 2.16. The molecule has 2 nitrogen and oxygen atoms in total. The van der Waals surface area contributed by atoms with E-state index in [0.717, 1.165) is 28.6 Å². The molecule has 0 fully saturated rings. The molecule has 0 radical (unpaired) electrons. The lowest BCUT2D eigenvalue weighted by Crippen LogP contribution is -2.18. The fourth-order valence-electron chi connectivity index (χ4n) is 1.98. The van der Waals surface area contributed by atoms with Crippen LogP contribution in [0.4, 0.5) is 4.39 Å². The summed E-state index contributed by atoms with van der Waals surface area (Å²) in [6, 6.07) is 3.31. The highest BCUT2D eigenvalue weighted by atomic mass is 19.1. The van der Waals surface area contributed by atoms with Gasteiger partial charge in [0.2, 0.25) is 0 Å². The van der Waals surface area contributed by atoms with Crippen molar-refractivity contribution < 1.29 is 4.39 Å². The van der Waals surface area contributed by atoms with Gasteiger partial charge >= 0.3 is 0 Å². The first-order valence-corrected chi connectivity index (χ1v) is 4.34. The third-order valence-corrected chi connectivity index (χ3v) is 2.60. The minimum absolute atomic E-state index is 0.111. The van der Waals surface area contributed by atoms with E-state index in [4.69, 9.17) is 0 Å². The summed E-state index contributed by atoms with van der Waals surface area (Å²) in [7, 11) is 0. The molecule has 13 heavy (non-hydrogen) atoms. The molecule has 2 heterocycles. The molecule has 0 saturated carbocycles. The van der Waals surface area contributed by atoms with Crippen LogP contribution in [-0.4, -0.2) is 4.98 Å². The van der Waals surface area contributed by atoms with Crippen LogP contribution in [0.25, 0.3) is 10.9 Å². The van der Waals surface area contributed by atoms with Gasteiger partial charge < -0.3 is 10.3 Å². The van der Waals surface area contributed by atoms with Crippen molar-refractivity contribution in [3.8, 4) is 0 Å². The molecule has 2 N–H and O–H groups in total. The Morgan fingerprint density at radius 3 is 3.08 bits per heavy atom. The molecule has 0 aliphatic carbocycles. The zero-order chi connectivity index (χ0) is 8.84. The number of halogens is 1. The van der Waals surface area contributed by atoms with Gasteiger partial charge in [0.15, 0.2) is 0 Å². The Kier molecular flexibility index (Phi) is 1.27. The summed E-state index contributed by atoms with van der Waals surface area (Å²) >= 11 is 0. The largest absolute Gasteiger partial charge is 0.361 e. The van der Waals surface area contributed by atoms with Crippen molar-refractivity contribution in [1.29, 1.82) is 0 Å². The van der Waals surface area contributed by atoms with Crippen LogP contribution < -0.4 is 5.32 Å². The summed E-state index contributed by atoms with van der Waals surface area (Å²) in [5, 5.41) is 4.24. The number of H-pyrrole nitrogens is 1. The SMILES string of the molecule is Fc1ccc2[nH]cc3c2c1CNC3. The van der Waals surface area contributed by atoms with Crippen molar-refractivity contribution in [3.05, 3.63) is 35.3 Å². The molecule has 0 atom stereocenters. The van der Waals surface area contributed by atoms with E-state index in [2.05, 4.69) is 10.3 Å². The molecule has 3 heteroatoms. The van der Waals surface area contributed by atoms with Crippen molar-refractivity contribution in [2.75, 3.05) is 0 Å². The number of nitrogens with one attached hydrogen (secondary N) is 2. The van der Waals surface area contributed by atoms with Crippen molar-refractivity contribution in [2.24, 2.45) is 0 Å². The number of aromatic amines is 1. The van der Waals surface area contributed by atoms with E-state index in [0.29, 0.717) is 6.54 Å². The van der Waals surface area contributed by atoms with E-state index in [1.807, 2.05) is 6.20 Å². The average molecular weight is 176 g/mol. The van der Waals surface area contributed by atoms with Gasteiger partial charge in [-0.05, 0) is 17.7 Å². The summed E-state index contributed by atoms with van der Waals surface area (Å²) in [6.45, 7) is 1.46. The number of benzene rings is 1. The molecular weight excluding hydrogens is 167 g/mol. The second-order valence-electron chi connectivity index (χ2n) is 3.37. The standard InChI is InChI=1S/C10H9FN2/c11-8-1-2-9-10-6(4-13-9)3-12-5-7(8)10/h1-2,4,12-13H,3,5H2. The molecule has 0 spiro atoms. The first-order chi connectivity index (χ1) is 6.36. The Bertz CT molecular complexity index is 473. The second kappa shape index (κ2) is 2.33. The molecule has 2 aromatic rings. The summed E-state index contributed by atoms with van der Waals surface area (Å²) in [6.07, 6.45) is 1.94. The zero-order valence-corrected chi connectivity index (χ0v) is 7.02. The van der Waals surface area contributed by atoms with Gasteiger partial charge in [0.05, 0.1) is 0 Å². The van der Waals surface area contributed by atoms with Gasteiger partial charge in [0.25, 0.3) is 0 Å². The fourth-order valence-corrected chi connectivity index (χ4v) is 1.98. The molecule has 3 rings (SSSR count). The molecular formula is C10H9FN2. The first kappa shape index (κ1) is 7.09. The topological polar surface area (TPSA) is 27.8 Å². The monoisotopic (exact) mass is 176 g/mol. The smallest absolute Gasteiger partial charge is 0.128 e. The molecule has 1 aliphatic rings. The van der Waals surface area contributed by atoms with Gasteiger partial charge in [-0.3, -0.25) is 0 Å². The molecule has 0 unspecified atom stereocenters. The van der Waals surface area contributed by atoms with E-state index in [-0.39, 0.29) is 5.82 Å². The van der Waals surface area contributed by atoms with Gasteiger partial charge in [0, 0.05) is 35.8 Å². The van der Waals surface area contributed by atoms with Gasteiger partial charge in [0.1, 0.15) is 5.82 Å². The number of rotatable bonds is 0. The van der Waals surface area contributed by atoms with Crippen LogP contribution in [0.15, 0.2) is 18.3 Å². The van der Waals surface area contributed by atoms with Crippen LogP contribution in [0.3, 0.4) is 0 Å². The number of hydrogen-bond acceptors (Lipinski definition) is 1.